The van der Waals surface area contributed by atoms with Crippen molar-refractivity contribution in [3.8, 4) is 0 Å². The third-order valence-corrected chi connectivity index (χ3v) is 5.43. The van der Waals surface area contributed by atoms with Gasteiger partial charge in [0.2, 0.25) is 0 Å². The number of thiol groups is 2. The van der Waals surface area contributed by atoms with E-state index < -0.39 is 0 Å². The van der Waals surface area contributed by atoms with E-state index in [4.69, 9.17) is 34.8 Å². The summed E-state index contributed by atoms with van der Waals surface area (Å²) in [6.07, 6.45) is 2.61. The maximum atomic E-state index is 8.64. The molecule has 0 aromatic rings. The van der Waals surface area contributed by atoms with Gasteiger partial charge in [0.15, 0.2) is 0 Å². The molecule has 0 aliphatic heterocycles. The average Bonchev–Trinajstić information content (AvgIpc) is 2.79. The topological polar surface area (TPSA) is 129 Å². The van der Waals surface area contributed by atoms with Gasteiger partial charge in [0, 0.05) is 48.2 Å². The zero-order valence-corrected chi connectivity index (χ0v) is 37.6. The molecular weight excluding hydrogens is 818 g/mol. The van der Waals surface area contributed by atoms with Gasteiger partial charge in [-0.3, -0.25) is 4.79 Å². The maximum Gasteiger partial charge on any atom is 1.00 e. The molecule has 0 aliphatic carbocycles. The third kappa shape index (κ3) is 78.7. The molecule has 0 amide bonds. The zero-order chi connectivity index (χ0) is 24.3. The van der Waals surface area contributed by atoms with Crippen LogP contribution in [-0.4, -0.2) is 108 Å². The first-order valence-electron chi connectivity index (χ1n) is 9.80. The molecule has 0 heterocycles. The summed E-state index contributed by atoms with van der Waals surface area (Å²) in [6, 6.07) is 0. The molecule has 8 nitrogen and oxygen atoms in total. The Bertz CT molecular complexity index is 276. The van der Waals surface area contributed by atoms with E-state index in [1.807, 2.05) is 23.5 Å². The van der Waals surface area contributed by atoms with Crippen LogP contribution in [0.2, 0.25) is 0 Å². The molecule has 0 spiro atoms. The van der Waals surface area contributed by atoms with E-state index in [-0.39, 0.29) is 159 Å². The van der Waals surface area contributed by atoms with Crippen molar-refractivity contribution in [3.05, 3.63) is 0 Å². The van der Waals surface area contributed by atoms with E-state index in [1.54, 1.807) is 0 Å². The second kappa shape index (κ2) is 61.3. The van der Waals surface area contributed by atoms with E-state index in [9.17, 15) is 0 Å². The molecule has 0 rings (SSSR count). The maximum absolute atomic E-state index is 8.64. The van der Waals surface area contributed by atoms with Crippen LogP contribution < -0.4 is 143 Å². The van der Waals surface area contributed by atoms with Gasteiger partial charge in [-0.05, 0) is 30.8 Å². The molecule has 0 fully saturated rings. The second-order valence-corrected chi connectivity index (χ2v) is 9.15. The Kier molecular flexibility index (Phi) is 94.7. The molecule has 15 heteroatoms. The quantitative estimate of drug-likeness (QED) is 0.0217. The SMILES string of the molecule is O=CO[O-].OCCCBr.OCCCSCCOCCSCCCO.SCCOCCS.[Cs+].[Cs+].[H-]. The molecule has 0 aromatic heterocycles. The van der Waals surface area contributed by atoms with Crippen LogP contribution in [0, 0.1) is 0 Å². The van der Waals surface area contributed by atoms with Gasteiger partial charge in [-0.15, -0.1) is 0 Å². The van der Waals surface area contributed by atoms with Gasteiger partial charge in [-0.2, -0.15) is 48.8 Å². The molecular formula is C18H41BrCs2O8S4. The van der Waals surface area contributed by atoms with E-state index in [2.05, 4.69) is 46.1 Å². The molecule has 194 valence electrons. The third-order valence-electron chi connectivity index (χ3n) is 2.44. The summed E-state index contributed by atoms with van der Waals surface area (Å²) in [5, 5.41) is 34.5. The fraction of sp³-hybridized carbons (Fsp3) is 0.944. The number of aliphatic hydroxyl groups excluding tert-OH is 3. The van der Waals surface area contributed by atoms with Crippen LogP contribution in [0.5, 0.6) is 0 Å². The summed E-state index contributed by atoms with van der Waals surface area (Å²) < 4.78 is 10.4. The van der Waals surface area contributed by atoms with Crippen LogP contribution in [0.25, 0.3) is 0 Å². The number of rotatable bonds is 19. The first-order valence-corrected chi connectivity index (χ1v) is 14.5. The fourth-order valence-corrected chi connectivity index (χ4v) is 3.22. The van der Waals surface area contributed by atoms with Gasteiger partial charge in [0.1, 0.15) is 0 Å². The first-order chi connectivity index (χ1) is 15.2. The molecule has 33 heavy (non-hydrogen) atoms. The van der Waals surface area contributed by atoms with Crippen molar-refractivity contribution >= 4 is 71.2 Å². The summed E-state index contributed by atoms with van der Waals surface area (Å²) in [6.45, 7) is 3.77. The van der Waals surface area contributed by atoms with Crippen LogP contribution in [0.3, 0.4) is 0 Å². The number of aliphatic hydroxyl groups is 3. The Morgan fingerprint density at radius 3 is 1.39 bits per heavy atom. The number of ether oxygens (including phenoxy) is 2. The number of carbonyl (C=O) groups excluding carboxylic acids is 1. The van der Waals surface area contributed by atoms with Gasteiger partial charge in [0.05, 0.1) is 26.4 Å². The summed E-state index contributed by atoms with van der Waals surface area (Å²) in [5.41, 5.74) is 0. The van der Waals surface area contributed by atoms with E-state index in [0.717, 1.165) is 85.5 Å². The smallest absolute Gasteiger partial charge is 1.00 e. The molecule has 0 bridgehead atoms. The number of halogens is 1. The Hall–Kier alpha value is 5.21. The zero-order valence-electron chi connectivity index (χ0n) is 21.1. The van der Waals surface area contributed by atoms with Crippen LogP contribution in [-0.2, 0) is 19.2 Å². The number of hydrogen-bond acceptors (Lipinski definition) is 12. The van der Waals surface area contributed by atoms with Gasteiger partial charge >= 0.3 is 138 Å². The largest absolute Gasteiger partial charge is 1.00 e. The van der Waals surface area contributed by atoms with Crippen LogP contribution in [0.4, 0.5) is 0 Å². The molecule has 0 aliphatic rings. The Balaban J connectivity index is -0.0000000646. The van der Waals surface area contributed by atoms with Gasteiger partial charge in [-0.1, -0.05) is 15.9 Å². The number of thioether (sulfide) groups is 2. The van der Waals surface area contributed by atoms with E-state index in [1.165, 1.54) is 0 Å². The predicted molar refractivity (Wildman–Crippen MR) is 141 cm³/mol. The van der Waals surface area contributed by atoms with Crippen molar-refractivity contribution < 1.29 is 179 Å². The van der Waals surface area contributed by atoms with Crippen molar-refractivity contribution in [2.24, 2.45) is 0 Å². The van der Waals surface area contributed by atoms with Crippen molar-refractivity contribution in [2.45, 2.75) is 19.3 Å². The second-order valence-electron chi connectivity index (χ2n) is 5.01. The van der Waals surface area contributed by atoms with Crippen molar-refractivity contribution in [3.63, 3.8) is 0 Å². The monoisotopic (exact) mass is 858 g/mol. The van der Waals surface area contributed by atoms with Crippen LogP contribution in [0.15, 0.2) is 0 Å². The molecule has 0 saturated carbocycles. The Morgan fingerprint density at radius 2 is 1.15 bits per heavy atom. The number of hydrogen-bond donors (Lipinski definition) is 5. The summed E-state index contributed by atoms with van der Waals surface area (Å²) >= 11 is 14.7. The minimum absolute atomic E-state index is 0. The van der Waals surface area contributed by atoms with Gasteiger partial charge in [0.25, 0.3) is 6.47 Å². The van der Waals surface area contributed by atoms with E-state index in [0.29, 0.717) is 6.61 Å². The first kappa shape index (κ1) is 51.0. The van der Waals surface area contributed by atoms with Gasteiger partial charge in [-0.25, -0.2) is 0 Å². The van der Waals surface area contributed by atoms with Crippen molar-refractivity contribution in [1.82, 2.24) is 0 Å². The van der Waals surface area contributed by atoms with Crippen LogP contribution in [0.1, 0.15) is 20.7 Å². The van der Waals surface area contributed by atoms with Crippen molar-refractivity contribution in [2.75, 3.05) is 86.1 Å². The number of carbonyl (C=O) groups is 1. The molecule has 0 radical (unpaired) electrons. The fourth-order valence-electron chi connectivity index (χ4n) is 1.17. The number of alkyl halides is 1. The average molecular weight is 860 g/mol. The van der Waals surface area contributed by atoms with E-state index >= 15 is 0 Å². The predicted octanol–water partition coefficient (Wildman–Crippen LogP) is -4.58. The van der Waals surface area contributed by atoms with Crippen LogP contribution >= 0.6 is 64.7 Å². The Morgan fingerprint density at radius 1 is 0.788 bits per heavy atom. The molecule has 0 saturated heterocycles. The molecule has 0 atom stereocenters. The standard InChI is InChI=1S/C10H22O3S2.C4H10OS2.C3H7BrO.CH2O3.2Cs.H/c11-3-1-7-14-9-5-13-6-10-15-8-2-4-12;6-3-1-5-2-4-7;4-2-1-3-5;2-1-4-3;;;/h11-12H,1-10H2;6-7H,1-4H2;5H,1-3H2;1,3H;;;/q;;;;2*+1;-1/p-1. The Labute approximate surface area is 347 Å². The van der Waals surface area contributed by atoms with Gasteiger partial charge < -0.3 is 36.4 Å². The van der Waals surface area contributed by atoms with Crippen molar-refractivity contribution in [1.29, 1.82) is 0 Å². The minimum Gasteiger partial charge on any atom is -1.00 e. The normalized spacial score (nSPS) is 8.82. The summed E-state index contributed by atoms with van der Waals surface area (Å²) in [4.78, 5) is 11.2. The summed E-state index contributed by atoms with van der Waals surface area (Å²) in [5.74, 6) is 5.67. The molecule has 0 aromatic carbocycles. The minimum atomic E-state index is -0.181. The molecule has 0 unspecified atom stereocenters. The molecule has 3 N–H and O–H groups in total. The summed E-state index contributed by atoms with van der Waals surface area (Å²) in [7, 11) is 0.